The summed E-state index contributed by atoms with van der Waals surface area (Å²) in [6.07, 6.45) is -2.21. The molecule has 0 aromatic carbocycles. The van der Waals surface area contributed by atoms with Crippen LogP contribution in [0.15, 0.2) is 6.07 Å². The van der Waals surface area contributed by atoms with Crippen LogP contribution in [0.4, 0.5) is 24.8 Å². The van der Waals surface area contributed by atoms with Crippen molar-refractivity contribution in [1.29, 1.82) is 0 Å². The Hall–Kier alpha value is -1.53. The molecule has 0 saturated heterocycles. The number of aromatic nitrogens is 2. The highest BCUT2D eigenvalue weighted by atomic mass is 19.4. The van der Waals surface area contributed by atoms with Crippen molar-refractivity contribution >= 4 is 11.6 Å². The van der Waals surface area contributed by atoms with Crippen LogP contribution < -0.4 is 10.2 Å². The summed E-state index contributed by atoms with van der Waals surface area (Å²) >= 11 is 0. The SMILES string of the molecule is CCNc1cc(N(C)CC(F)(F)F)nc(C2CC2)n1. The Kier molecular flexibility index (Phi) is 3.82. The molecule has 1 aromatic rings. The molecule has 1 saturated carbocycles. The first kappa shape index (κ1) is 13.9. The molecule has 1 fully saturated rings. The van der Waals surface area contributed by atoms with Crippen molar-refractivity contribution in [2.45, 2.75) is 31.9 Å². The summed E-state index contributed by atoms with van der Waals surface area (Å²) in [6.45, 7) is 1.57. The van der Waals surface area contributed by atoms with Gasteiger partial charge in [0.2, 0.25) is 0 Å². The summed E-state index contributed by atoms with van der Waals surface area (Å²) in [6, 6.07) is 1.56. The van der Waals surface area contributed by atoms with Crippen molar-refractivity contribution in [3.05, 3.63) is 11.9 Å². The Bertz CT molecular complexity index is 443. The van der Waals surface area contributed by atoms with E-state index in [-0.39, 0.29) is 0 Å². The normalized spacial score (nSPS) is 15.4. The van der Waals surface area contributed by atoms with Gasteiger partial charge in [-0.1, -0.05) is 0 Å². The molecule has 0 aliphatic heterocycles. The van der Waals surface area contributed by atoms with Crippen molar-refractivity contribution < 1.29 is 13.2 Å². The zero-order chi connectivity index (χ0) is 14.0. The molecule has 0 spiro atoms. The van der Waals surface area contributed by atoms with Crippen LogP contribution in [0.1, 0.15) is 31.5 Å². The fraction of sp³-hybridized carbons (Fsp3) is 0.667. The van der Waals surface area contributed by atoms with E-state index in [1.807, 2.05) is 6.92 Å². The average molecular weight is 274 g/mol. The molecule has 1 N–H and O–H groups in total. The second-order valence-electron chi connectivity index (χ2n) is 4.75. The number of nitrogens with one attached hydrogen (secondary N) is 1. The minimum atomic E-state index is -4.24. The lowest BCUT2D eigenvalue weighted by Crippen LogP contribution is -2.31. The van der Waals surface area contributed by atoms with E-state index >= 15 is 0 Å². The van der Waals surface area contributed by atoms with Crippen LogP contribution in [0.2, 0.25) is 0 Å². The largest absolute Gasteiger partial charge is 0.405 e. The van der Waals surface area contributed by atoms with E-state index in [1.165, 1.54) is 7.05 Å². The Labute approximate surface area is 110 Å². The Morgan fingerprint density at radius 3 is 2.58 bits per heavy atom. The molecule has 1 aromatic heterocycles. The van der Waals surface area contributed by atoms with Gasteiger partial charge in [-0.25, -0.2) is 9.97 Å². The molecule has 0 atom stereocenters. The minimum Gasteiger partial charge on any atom is -0.370 e. The summed E-state index contributed by atoms with van der Waals surface area (Å²) in [4.78, 5) is 9.68. The van der Waals surface area contributed by atoms with Crippen molar-refractivity contribution in [2.75, 3.05) is 30.4 Å². The number of hydrogen-bond donors (Lipinski definition) is 1. The van der Waals surface area contributed by atoms with E-state index in [4.69, 9.17) is 0 Å². The molecule has 19 heavy (non-hydrogen) atoms. The second kappa shape index (κ2) is 5.22. The van der Waals surface area contributed by atoms with Crippen molar-refractivity contribution in [3.63, 3.8) is 0 Å². The van der Waals surface area contributed by atoms with Gasteiger partial charge in [-0.3, -0.25) is 0 Å². The minimum absolute atomic E-state index is 0.302. The Morgan fingerprint density at radius 2 is 2.05 bits per heavy atom. The predicted molar refractivity (Wildman–Crippen MR) is 67.5 cm³/mol. The van der Waals surface area contributed by atoms with Crippen LogP contribution in [0.5, 0.6) is 0 Å². The third-order valence-corrected chi connectivity index (χ3v) is 2.84. The van der Waals surface area contributed by atoms with Gasteiger partial charge in [0.15, 0.2) is 0 Å². The zero-order valence-corrected chi connectivity index (χ0v) is 11.0. The highest BCUT2D eigenvalue weighted by molar-refractivity contribution is 5.49. The van der Waals surface area contributed by atoms with E-state index in [2.05, 4.69) is 15.3 Å². The maximum Gasteiger partial charge on any atom is 0.405 e. The van der Waals surface area contributed by atoms with Crippen molar-refractivity contribution in [2.24, 2.45) is 0 Å². The van der Waals surface area contributed by atoms with Gasteiger partial charge in [0.1, 0.15) is 24.0 Å². The van der Waals surface area contributed by atoms with Gasteiger partial charge in [0.05, 0.1) is 0 Å². The van der Waals surface area contributed by atoms with E-state index < -0.39 is 12.7 Å². The first-order chi connectivity index (χ1) is 8.89. The number of anilines is 2. The molecule has 1 aliphatic carbocycles. The van der Waals surface area contributed by atoms with Crippen LogP contribution in [-0.2, 0) is 0 Å². The predicted octanol–water partition coefficient (Wildman–Crippen LogP) is 2.78. The molecule has 7 heteroatoms. The highest BCUT2D eigenvalue weighted by Gasteiger charge is 2.31. The monoisotopic (exact) mass is 274 g/mol. The lowest BCUT2D eigenvalue weighted by molar-refractivity contribution is -0.119. The van der Waals surface area contributed by atoms with Gasteiger partial charge >= 0.3 is 6.18 Å². The van der Waals surface area contributed by atoms with Gasteiger partial charge < -0.3 is 10.2 Å². The molecule has 1 aliphatic rings. The molecule has 0 radical (unpaired) electrons. The third-order valence-electron chi connectivity index (χ3n) is 2.84. The van der Waals surface area contributed by atoms with E-state index in [0.29, 0.717) is 29.9 Å². The fourth-order valence-corrected chi connectivity index (χ4v) is 1.79. The van der Waals surface area contributed by atoms with Crippen molar-refractivity contribution in [3.8, 4) is 0 Å². The topological polar surface area (TPSA) is 41.0 Å². The molecule has 0 unspecified atom stereocenters. The summed E-state index contributed by atoms with van der Waals surface area (Å²) < 4.78 is 37.2. The zero-order valence-electron chi connectivity index (χ0n) is 11.0. The molecule has 2 rings (SSSR count). The molecule has 0 amide bonds. The standard InChI is InChI=1S/C12H17F3N4/c1-3-16-9-6-10(19(2)7-12(13,14)15)18-11(17-9)8-4-5-8/h6,8H,3-5,7H2,1-2H3,(H,16,17,18). The lowest BCUT2D eigenvalue weighted by atomic mass is 10.3. The number of hydrogen-bond acceptors (Lipinski definition) is 4. The van der Waals surface area contributed by atoms with Crippen molar-refractivity contribution in [1.82, 2.24) is 9.97 Å². The van der Waals surface area contributed by atoms with Crippen LogP contribution in [0, 0.1) is 0 Å². The maximum atomic E-state index is 12.4. The average Bonchev–Trinajstić information content (AvgIpc) is 3.10. The summed E-state index contributed by atoms with van der Waals surface area (Å²) in [5.74, 6) is 1.84. The molecule has 4 nitrogen and oxygen atoms in total. The molecule has 0 bridgehead atoms. The first-order valence-electron chi connectivity index (χ1n) is 6.30. The van der Waals surface area contributed by atoms with Crippen LogP contribution in [0.25, 0.3) is 0 Å². The summed E-state index contributed by atoms with van der Waals surface area (Å²) in [5, 5.41) is 3.03. The smallest absolute Gasteiger partial charge is 0.370 e. The Morgan fingerprint density at radius 1 is 1.37 bits per heavy atom. The van der Waals surface area contributed by atoms with Crippen LogP contribution in [0.3, 0.4) is 0 Å². The van der Waals surface area contributed by atoms with Crippen LogP contribution in [-0.4, -0.2) is 36.3 Å². The number of halogens is 3. The van der Waals surface area contributed by atoms with Gasteiger partial charge in [-0.2, -0.15) is 13.2 Å². The highest BCUT2D eigenvalue weighted by Crippen LogP contribution is 2.39. The molecule has 106 valence electrons. The Balaban J connectivity index is 2.22. The third kappa shape index (κ3) is 3.97. The van der Waals surface area contributed by atoms with Gasteiger partial charge in [0, 0.05) is 25.6 Å². The van der Waals surface area contributed by atoms with E-state index in [0.717, 1.165) is 17.7 Å². The summed E-state index contributed by atoms with van der Waals surface area (Å²) in [5.41, 5.74) is 0. The lowest BCUT2D eigenvalue weighted by Gasteiger charge is -2.21. The second-order valence-corrected chi connectivity index (χ2v) is 4.75. The molecular weight excluding hydrogens is 257 g/mol. The van der Waals surface area contributed by atoms with Gasteiger partial charge in [0.25, 0.3) is 0 Å². The summed E-state index contributed by atoms with van der Waals surface area (Å²) in [7, 11) is 1.39. The fourth-order valence-electron chi connectivity index (χ4n) is 1.79. The van der Waals surface area contributed by atoms with Crippen LogP contribution >= 0.6 is 0 Å². The first-order valence-corrected chi connectivity index (χ1v) is 6.30. The quantitative estimate of drug-likeness (QED) is 0.896. The van der Waals surface area contributed by atoms with Gasteiger partial charge in [-0.15, -0.1) is 0 Å². The maximum absolute atomic E-state index is 12.4. The van der Waals surface area contributed by atoms with E-state index in [9.17, 15) is 13.2 Å². The number of nitrogens with zero attached hydrogens (tertiary/aromatic N) is 3. The van der Waals surface area contributed by atoms with E-state index in [1.54, 1.807) is 6.07 Å². The number of alkyl halides is 3. The van der Waals surface area contributed by atoms with Gasteiger partial charge in [-0.05, 0) is 19.8 Å². The molecule has 1 heterocycles. The molecular formula is C12H17F3N4. The number of rotatable bonds is 5.